The van der Waals surface area contributed by atoms with E-state index in [2.05, 4.69) is 5.32 Å². The first kappa shape index (κ1) is 25.8. The van der Waals surface area contributed by atoms with Crippen molar-refractivity contribution in [1.82, 2.24) is 9.78 Å². The number of aromatic nitrogens is 2. The Balaban J connectivity index is 1.45. The number of nitrogens with one attached hydrogen (secondary N) is 1. The van der Waals surface area contributed by atoms with Gasteiger partial charge in [-0.3, -0.25) is 9.59 Å². The molecule has 4 aromatic carbocycles. The number of amides is 1. The van der Waals surface area contributed by atoms with Crippen LogP contribution >= 0.6 is 0 Å². The van der Waals surface area contributed by atoms with Crippen molar-refractivity contribution < 1.29 is 32.6 Å². The Morgan fingerprint density at radius 2 is 1.59 bits per heavy atom. The average Bonchev–Trinajstić information content (AvgIpc) is 3.58. The van der Waals surface area contributed by atoms with E-state index < -0.39 is 23.5 Å². The average molecular weight is 554 g/mol. The Bertz CT molecular complexity index is 1780. The van der Waals surface area contributed by atoms with Crippen LogP contribution in [-0.2, 0) is 4.79 Å². The molecule has 0 aliphatic carbocycles. The Kier molecular flexibility index (Phi) is 6.64. The van der Waals surface area contributed by atoms with Crippen LogP contribution in [0.3, 0.4) is 0 Å². The van der Waals surface area contributed by atoms with Gasteiger partial charge in [0.2, 0.25) is 12.7 Å². The smallest absolute Gasteiger partial charge is 0.309 e. The number of hydrogen-bond acceptors (Lipinski definition) is 6. The summed E-state index contributed by atoms with van der Waals surface area (Å²) in [7, 11) is 0. The molecule has 5 aromatic rings. The third kappa shape index (κ3) is 5.22. The molecular formula is C31H21F2N3O5. The van der Waals surface area contributed by atoms with E-state index in [9.17, 15) is 18.4 Å². The zero-order chi connectivity index (χ0) is 28.5. The molecule has 8 nitrogen and oxygen atoms in total. The normalized spacial score (nSPS) is 11.8. The van der Waals surface area contributed by atoms with Crippen molar-refractivity contribution in [2.75, 3.05) is 12.1 Å². The number of ether oxygens (including phenoxy) is 3. The second-order valence-electron chi connectivity index (χ2n) is 9.12. The van der Waals surface area contributed by atoms with E-state index in [0.29, 0.717) is 45.3 Å². The van der Waals surface area contributed by atoms with Gasteiger partial charge in [0.1, 0.15) is 17.3 Å². The highest BCUT2D eigenvalue weighted by atomic mass is 19.1. The minimum Gasteiger partial charge on any atom is -0.454 e. The van der Waals surface area contributed by atoms with Crippen LogP contribution in [0, 0.1) is 11.6 Å². The lowest BCUT2D eigenvalue weighted by Gasteiger charge is -2.11. The van der Waals surface area contributed by atoms with Crippen LogP contribution < -0.4 is 19.5 Å². The first-order valence-corrected chi connectivity index (χ1v) is 12.5. The number of esters is 1. The summed E-state index contributed by atoms with van der Waals surface area (Å²) in [6.07, 6.45) is 0. The van der Waals surface area contributed by atoms with Gasteiger partial charge in [0.25, 0.3) is 5.91 Å². The van der Waals surface area contributed by atoms with Gasteiger partial charge in [-0.05, 0) is 78.4 Å². The van der Waals surface area contributed by atoms with Crippen LogP contribution in [0.25, 0.3) is 28.1 Å². The fraction of sp³-hybridized carbons (Fsp3) is 0.0645. The van der Waals surface area contributed by atoms with E-state index in [1.807, 2.05) is 0 Å². The van der Waals surface area contributed by atoms with Gasteiger partial charge in [-0.1, -0.05) is 18.2 Å². The lowest BCUT2D eigenvalue weighted by atomic mass is 10.0. The first-order valence-electron chi connectivity index (χ1n) is 12.5. The quantitative estimate of drug-likeness (QED) is 0.245. The Hall–Kier alpha value is -5.51. The van der Waals surface area contributed by atoms with Crippen molar-refractivity contribution in [2.24, 2.45) is 0 Å². The van der Waals surface area contributed by atoms with Crippen LogP contribution in [-0.4, -0.2) is 28.4 Å². The van der Waals surface area contributed by atoms with Gasteiger partial charge in [0.15, 0.2) is 11.5 Å². The number of nitrogens with zero attached hydrogens (tertiary/aromatic N) is 2. The predicted molar refractivity (Wildman–Crippen MR) is 146 cm³/mol. The molecule has 0 saturated heterocycles. The Morgan fingerprint density at radius 3 is 2.32 bits per heavy atom. The summed E-state index contributed by atoms with van der Waals surface area (Å²) < 4.78 is 45.4. The zero-order valence-corrected chi connectivity index (χ0v) is 21.6. The maximum Gasteiger partial charge on any atom is 0.309 e. The van der Waals surface area contributed by atoms with Crippen LogP contribution in [0.4, 0.5) is 14.5 Å². The molecule has 204 valence electrons. The topological polar surface area (TPSA) is 91.7 Å². The summed E-state index contributed by atoms with van der Waals surface area (Å²) >= 11 is 0. The van der Waals surface area contributed by atoms with E-state index in [0.717, 1.165) is 6.07 Å². The van der Waals surface area contributed by atoms with Gasteiger partial charge in [0, 0.05) is 23.7 Å². The van der Waals surface area contributed by atoms with Crippen molar-refractivity contribution in [2.45, 2.75) is 6.92 Å². The number of benzene rings is 4. The maximum atomic E-state index is 13.7. The predicted octanol–water partition coefficient (Wildman–Crippen LogP) is 6.39. The van der Waals surface area contributed by atoms with Crippen molar-refractivity contribution in [3.63, 3.8) is 0 Å². The number of rotatable bonds is 6. The summed E-state index contributed by atoms with van der Waals surface area (Å²) in [5, 5.41) is 7.51. The molecule has 0 atom stereocenters. The van der Waals surface area contributed by atoms with Gasteiger partial charge in [-0.15, -0.1) is 0 Å². The standard InChI is InChI=1S/C31H21F2N3O5/c1-18(37)41-31-28(19-5-10-24(11-6-19)34-30(38)21-3-2-4-23(33)15-21)29(20-7-14-26-27(16-20)40-17-39-26)35-36(31)25-12-8-22(32)9-13-25/h2-16H,17H2,1H3,(H,34,38). The van der Waals surface area contributed by atoms with Crippen LogP contribution in [0.1, 0.15) is 17.3 Å². The third-order valence-electron chi connectivity index (χ3n) is 6.32. The molecule has 1 aliphatic heterocycles. The number of anilines is 1. The van der Waals surface area contributed by atoms with Crippen LogP contribution in [0.2, 0.25) is 0 Å². The molecule has 1 N–H and O–H groups in total. The summed E-state index contributed by atoms with van der Waals surface area (Å²) in [6.45, 7) is 1.37. The minimum absolute atomic E-state index is 0.0944. The largest absolute Gasteiger partial charge is 0.454 e. The molecule has 6 rings (SSSR count). The maximum absolute atomic E-state index is 13.7. The van der Waals surface area contributed by atoms with Gasteiger partial charge < -0.3 is 19.5 Å². The lowest BCUT2D eigenvalue weighted by Crippen LogP contribution is -2.11. The fourth-order valence-electron chi connectivity index (χ4n) is 4.45. The molecule has 10 heteroatoms. The fourth-order valence-corrected chi connectivity index (χ4v) is 4.45. The zero-order valence-electron chi connectivity index (χ0n) is 21.6. The van der Waals surface area contributed by atoms with E-state index in [-0.39, 0.29) is 18.2 Å². The minimum atomic E-state index is -0.578. The molecule has 0 saturated carbocycles. The molecule has 1 amide bonds. The van der Waals surface area contributed by atoms with Gasteiger partial charge in [0.05, 0.1) is 11.3 Å². The van der Waals surface area contributed by atoms with E-state index in [1.54, 1.807) is 42.5 Å². The van der Waals surface area contributed by atoms with E-state index in [4.69, 9.17) is 19.3 Å². The lowest BCUT2D eigenvalue weighted by molar-refractivity contribution is -0.132. The molecule has 0 radical (unpaired) electrons. The van der Waals surface area contributed by atoms with Crippen molar-refractivity contribution in [3.05, 3.63) is 108 Å². The van der Waals surface area contributed by atoms with E-state index in [1.165, 1.54) is 54.1 Å². The molecule has 1 aromatic heterocycles. The molecule has 41 heavy (non-hydrogen) atoms. The molecule has 0 spiro atoms. The Morgan fingerprint density at radius 1 is 0.854 bits per heavy atom. The van der Waals surface area contributed by atoms with Crippen LogP contribution in [0.5, 0.6) is 17.4 Å². The highest BCUT2D eigenvalue weighted by molar-refractivity contribution is 6.04. The number of carbonyl (C=O) groups excluding carboxylic acids is 2. The summed E-state index contributed by atoms with van der Waals surface area (Å²) in [6, 6.07) is 23.1. The van der Waals surface area contributed by atoms with E-state index >= 15 is 0 Å². The Labute approximate surface area is 232 Å². The SMILES string of the molecule is CC(=O)Oc1c(-c2ccc(NC(=O)c3cccc(F)c3)cc2)c(-c2ccc3c(c2)OCO3)nn1-c1ccc(F)cc1. The summed E-state index contributed by atoms with van der Waals surface area (Å²) in [5.74, 6) is -0.745. The van der Waals surface area contributed by atoms with Gasteiger partial charge in [-0.25, -0.2) is 8.78 Å². The molecule has 0 unspecified atom stereocenters. The first-order chi connectivity index (χ1) is 19.9. The van der Waals surface area contributed by atoms with Gasteiger partial charge >= 0.3 is 5.97 Å². The molecule has 0 bridgehead atoms. The molecular weight excluding hydrogens is 532 g/mol. The number of halogens is 2. The molecule has 0 fully saturated rings. The number of hydrogen-bond donors (Lipinski definition) is 1. The van der Waals surface area contributed by atoms with Crippen molar-refractivity contribution in [3.8, 4) is 45.5 Å². The molecule has 2 heterocycles. The summed E-state index contributed by atoms with van der Waals surface area (Å²) in [4.78, 5) is 24.8. The number of fused-ring (bicyclic) bond motifs is 1. The second-order valence-corrected chi connectivity index (χ2v) is 9.12. The van der Waals surface area contributed by atoms with Crippen molar-refractivity contribution >= 4 is 17.6 Å². The third-order valence-corrected chi connectivity index (χ3v) is 6.32. The monoisotopic (exact) mass is 553 g/mol. The second kappa shape index (κ2) is 10.6. The molecule has 1 aliphatic rings. The highest BCUT2D eigenvalue weighted by Crippen LogP contribution is 2.44. The van der Waals surface area contributed by atoms with Crippen molar-refractivity contribution in [1.29, 1.82) is 0 Å². The highest BCUT2D eigenvalue weighted by Gasteiger charge is 2.26. The van der Waals surface area contributed by atoms with Crippen LogP contribution in [0.15, 0.2) is 91.0 Å². The summed E-state index contributed by atoms with van der Waals surface area (Å²) in [5.41, 5.74) is 3.32. The number of carbonyl (C=O) groups is 2. The van der Waals surface area contributed by atoms with Gasteiger partial charge in [-0.2, -0.15) is 9.78 Å².